The van der Waals surface area contributed by atoms with Crippen LogP contribution in [0.5, 0.6) is 0 Å². The van der Waals surface area contributed by atoms with Crippen LogP contribution in [0.3, 0.4) is 0 Å². The Kier molecular flexibility index (Phi) is 3.26. The van der Waals surface area contributed by atoms with Crippen LogP contribution in [-0.2, 0) is 6.54 Å². The molecular weight excluding hydrogens is 198 g/mol. The van der Waals surface area contributed by atoms with E-state index in [1.54, 1.807) is 0 Å². The average Bonchev–Trinajstić information content (AvgIpc) is 2.15. The lowest BCUT2D eigenvalue weighted by Gasteiger charge is -2.47. The Morgan fingerprint density at radius 3 is 2.81 bits per heavy atom. The van der Waals surface area contributed by atoms with Crippen LogP contribution in [0.2, 0.25) is 0 Å². The third-order valence-corrected chi connectivity index (χ3v) is 3.16. The highest BCUT2D eigenvalue weighted by atomic mass is 15.2. The van der Waals surface area contributed by atoms with Crippen LogP contribution in [0, 0.1) is 6.92 Å². The van der Waals surface area contributed by atoms with Crippen LogP contribution in [0.4, 0.5) is 0 Å². The lowest BCUT2D eigenvalue weighted by Crippen LogP contribution is -2.66. The predicted molar refractivity (Wildman–Crippen MR) is 66.1 cm³/mol. The van der Waals surface area contributed by atoms with Gasteiger partial charge in [-0.1, -0.05) is 19.4 Å². The van der Waals surface area contributed by atoms with Gasteiger partial charge >= 0.3 is 0 Å². The molecular formula is C13H21N3. The Morgan fingerprint density at radius 2 is 2.19 bits per heavy atom. The molecule has 0 radical (unpaired) electrons. The molecule has 88 valence electrons. The number of likely N-dealkylation sites (tertiary alicyclic amines) is 1. The van der Waals surface area contributed by atoms with Gasteiger partial charge in [0.15, 0.2) is 0 Å². The second-order valence-electron chi connectivity index (χ2n) is 5.03. The molecule has 0 saturated carbocycles. The normalized spacial score (nSPS) is 19.4. The molecule has 1 fully saturated rings. The number of rotatable bonds is 4. The van der Waals surface area contributed by atoms with Gasteiger partial charge in [-0.05, 0) is 25.5 Å². The smallest absolute Gasteiger partial charge is 0.0547 e. The van der Waals surface area contributed by atoms with Crippen molar-refractivity contribution in [1.82, 2.24) is 9.88 Å². The Bertz CT molecular complexity index is 356. The zero-order valence-corrected chi connectivity index (χ0v) is 10.2. The quantitative estimate of drug-likeness (QED) is 0.838. The minimum absolute atomic E-state index is 0.0680. The van der Waals surface area contributed by atoms with Gasteiger partial charge in [0.05, 0.1) is 5.69 Å². The molecule has 0 atom stereocenters. The van der Waals surface area contributed by atoms with Crippen molar-refractivity contribution < 1.29 is 0 Å². The van der Waals surface area contributed by atoms with Crippen LogP contribution in [-0.4, -0.2) is 28.5 Å². The molecule has 1 aromatic heterocycles. The van der Waals surface area contributed by atoms with Gasteiger partial charge in [-0.3, -0.25) is 9.88 Å². The number of pyridine rings is 1. The summed E-state index contributed by atoms with van der Waals surface area (Å²) in [4.78, 5) is 6.88. The zero-order chi connectivity index (χ0) is 11.6. The number of hydrogen-bond acceptors (Lipinski definition) is 3. The number of aryl methyl sites for hydroxylation is 1. The van der Waals surface area contributed by atoms with E-state index in [0.29, 0.717) is 0 Å². The van der Waals surface area contributed by atoms with E-state index < -0.39 is 0 Å². The molecule has 3 heteroatoms. The first-order chi connectivity index (χ1) is 7.61. The van der Waals surface area contributed by atoms with Crippen molar-refractivity contribution in [2.75, 3.05) is 13.1 Å². The van der Waals surface area contributed by atoms with E-state index in [1.165, 1.54) is 6.42 Å². The second kappa shape index (κ2) is 4.52. The van der Waals surface area contributed by atoms with Crippen molar-refractivity contribution in [1.29, 1.82) is 0 Å². The van der Waals surface area contributed by atoms with Crippen LogP contribution in [0.1, 0.15) is 31.2 Å². The summed E-state index contributed by atoms with van der Waals surface area (Å²) in [5.74, 6) is 0. The molecule has 0 aromatic carbocycles. The summed E-state index contributed by atoms with van der Waals surface area (Å²) < 4.78 is 0. The van der Waals surface area contributed by atoms with Gasteiger partial charge in [0.1, 0.15) is 0 Å². The lowest BCUT2D eigenvalue weighted by atomic mass is 9.86. The molecule has 1 aliphatic heterocycles. The van der Waals surface area contributed by atoms with Gasteiger partial charge in [-0.15, -0.1) is 0 Å². The number of hydrogen-bond donors (Lipinski definition) is 1. The maximum absolute atomic E-state index is 6.23. The van der Waals surface area contributed by atoms with E-state index in [4.69, 9.17) is 5.73 Å². The highest BCUT2D eigenvalue weighted by molar-refractivity contribution is 5.11. The van der Waals surface area contributed by atoms with Gasteiger partial charge in [-0.2, -0.15) is 0 Å². The van der Waals surface area contributed by atoms with Gasteiger partial charge in [0, 0.05) is 30.9 Å². The third-order valence-electron chi connectivity index (χ3n) is 3.16. The minimum Gasteiger partial charge on any atom is -0.323 e. The summed E-state index contributed by atoms with van der Waals surface area (Å²) in [6.45, 7) is 7.18. The fourth-order valence-electron chi connectivity index (χ4n) is 2.53. The molecule has 0 aliphatic carbocycles. The van der Waals surface area contributed by atoms with Gasteiger partial charge in [0.2, 0.25) is 0 Å². The maximum atomic E-state index is 6.23. The first kappa shape index (κ1) is 11.6. The van der Waals surface area contributed by atoms with E-state index in [9.17, 15) is 0 Å². The Balaban J connectivity index is 1.85. The minimum atomic E-state index is 0.0680. The molecule has 2 N–H and O–H groups in total. The van der Waals surface area contributed by atoms with E-state index in [0.717, 1.165) is 37.4 Å². The SMILES string of the molecule is CCCC1(N)CN(Cc2cccc(C)n2)C1. The number of nitrogens with two attached hydrogens (primary N) is 1. The van der Waals surface area contributed by atoms with Crippen molar-refractivity contribution in [2.24, 2.45) is 5.73 Å². The van der Waals surface area contributed by atoms with Crippen molar-refractivity contribution >= 4 is 0 Å². The summed E-state index contributed by atoms with van der Waals surface area (Å²) in [6, 6.07) is 6.19. The fraction of sp³-hybridized carbons (Fsp3) is 0.615. The number of nitrogens with zero attached hydrogens (tertiary/aromatic N) is 2. The van der Waals surface area contributed by atoms with Crippen molar-refractivity contribution in [3.05, 3.63) is 29.6 Å². The summed E-state index contributed by atoms with van der Waals surface area (Å²) in [7, 11) is 0. The number of aromatic nitrogens is 1. The standard InChI is InChI=1S/C13H21N3/c1-3-7-13(14)9-16(10-13)8-12-6-4-5-11(2)15-12/h4-6H,3,7-10,14H2,1-2H3. The van der Waals surface area contributed by atoms with Crippen molar-refractivity contribution in [2.45, 2.75) is 38.8 Å². The maximum Gasteiger partial charge on any atom is 0.0547 e. The molecule has 1 saturated heterocycles. The topological polar surface area (TPSA) is 42.1 Å². The molecule has 0 amide bonds. The molecule has 0 spiro atoms. The molecule has 0 unspecified atom stereocenters. The first-order valence-electron chi connectivity index (χ1n) is 6.05. The van der Waals surface area contributed by atoms with Gasteiger partial charge in [-0.25, -0.2) is 0 Å². The summed E-state index contributed by atoms with van der Waals surface area (Å²) >= 11 is 0. The average molecular weight is 219 g/mol. The molecule has 1 aliphatic rings. The van der Waals surface area contributed by atoms with E-state index in [-0.39, 0.29) is 5.54 Å². The monoisotopic (exact) mass is 219 g/mol. The van der Waals surface area contributed by atoms with Crippen LogP contribution in [0.15, 0.2) is 18.2 Å². The van der Waals surface area contributed by atoms with E-state index >= 15 is 0 Å². The fourth-order valence-corrected chi connectivity index (χ4v) is 2.53. The summed E-state index contributed by atoms with van der Waals surface area (Å²) in [6.07, 6.45) is 2.30. The van der Waals surface area contributed by atoms with Crippen LogP contribution in [0.25, 0.3) is 0 Å². The van der Waals surface area contributed by atoms with Crippen LogP contribution < -0.4 is 5.73 Å². The van der Waals surface area contributed by atoms with E-state index in [1.807, 2.05) is 13.0 Å². The molecule has 0 bridgehead atoms. The first-order valence-corrected chi connectivity index (χ1v) is 6.05. The van der Waals surface area contributed by atoms with Gasteiger partial charge < -0.3 is 5.73 Å². The molecule has 1 aromatic rings. The Hall–Kier alpha value is -0.930. The highest BCUT2D eigenvalue weighted by Crippen LogP contribution is 2.24. The zero-order valence-electron chi connectivity index (χ0n) is 10.2. The molecule has 3 nitrogen and oxygen atoms in total. The van der Waals surface area contributed by atoms with Gasteiger partial charge in [0.25, 0.3) is 0 Å². The second-order valence-corrected chi connectivity index (χ2v) is 5.03. The highest BCUT2D eigenvalue weighted by Gasteiger charge is 2.38. The Morgan fingerprint density at radius 1 is 1.44 bits per heavy atom. The predicted octanol–water partition coefficient (Wildman–Crippen LogP) is 1.70. The molecule has 16 heavy (non-hydrogen) atoms. The third kappa shape index (κ3) is 2.60. The summed E-state index contributed by atoms with van der Waals surface area (Å²) in [5.41, 5.74) is 8.53. The van der Waals surface area contributed by atoms with Crippen molar-refractivity contribution in [3.8, 4) is 0 Å². The molecule has 2 heterocycles. The van der Waals surface area contributed by atoms with Crippen LogP contribution >= 0.6 is 0 Å². The Labute approximate surface area is 97.7 Å². The summed E-state index contributed by atoms with van der Waals surface area (Å²) in [5, 5.41) is 0. The lowest BCUT2D eigenvalue weighted by molar-refractivity contribution is 0.0556. The van der Waals surface area contributed by atoms with Crippen molar-refractivity contribution in [3.63, 3.8) is 0 Å². The largest absolute Gasteiger partial charge is 0.323 e. The van der Waals surface area contributed by atoms with E-state index in [2.05, 4.69) is 28.9 Å². The molecule has 2 rings (SSSR count).